The molecule has 3 aliphatic carbocycles. The standard InChI is InChI=1S/C30H28F9NO4S/c1-44-24(42)26-11-8-25(9-12-26,10-13-26)23(41)40-15-14-27(17-40,45(43)20-5-3-19(31)4-6-20)18-2-7-21(22(32)16-18)28(33,29(34,35)36)30(37,38)39/h2-7,16H,8-15,17H2,1H3/t25?,26?,27-,45?/m0/s1. The molecule has 1 amide bonds. The lowest BCUT2D eigenvalue weighted by atomic mass is 9.53. The minimum atomic E-state index is -6.55. The van der Waals surface area contributed by atoms with Crippen LogP contribution in [-0.4, -0.2) is 53.5 Å². The first-order valence-electron chi connectivity index (χ1n) is 14.0. The Morgan fingerprint density at radius 2 is 1.33 bits per heavy atom. The summed E-state index contributed by atoms with van der Waals surface area (Å²) >= 11 is 0. The molecule has 45 heavy (non-hydrogen) atoms. The van der Waals surface area contributed by atoms with Gasteiger partial charge in [0.2, 0.25) is 5.91 Å². The average Bonchev–Trinajstić information content (AvgIpc) is 3.46. The van der Waals surface area contributed by atoms with Crippen LogP contribution in [0.4, 0.5) is 39.5 Å². The lowest BCUT2D eigenvalue weighted by Gasteiger charge is -2.51. The van der Waals surface area contributed by atoms with Crippen molar-refractivity contribution in [2.24, 2.45) is 10.8 Å². The number of benzene rings is 2. The van der Waals surface area contributed by atoms with Crippen LogP contribution in [0.15, 0.2) is 47.4 Å². The van der Waals surface area contributed by atoms with E-state index in [0.29, 0.717) is 50.7 Å². The second kappa shape index (κ2) is 11.0. The monoisotopic (exact) mass is 669 g/mol. The third-order valence-corrected chi connectivity index (χ3v) is 11.8. The molecule has 0 N–H and O–H groups in total. The minimum absolute atomic E-state index is 0.0111. The third kappa shape index (κ3) is 5.12. The van der Waals surface area contributed by atoms with Gasteiger partial charge >= 0.3 is 24.0 Å². The maximum atomic E-state index is 15.2. The van der Waals surface area contributed by atoms with Crippen molar-refractivity contribution in [3.8, 4) is 0 Å². The second-order valence-corrected chi connectivity index (χ2v) is 13.9. The summed E-state index contributed by atoms with van der Waals surface area (Å²) in [6, 6.07) is 5.29. The van der Waals surface area contributed by atoms with E-state index >= 15 is 4.39 Å². The number of amides is 1. The molecule has 6 rings (SSSR count). The zero-order valence-corrected chi connectivity index (χ0v) is 24.6. The normalized spacial score (nSPS) is 27.8. The molecule has 1 aliphatic heterocycles. The quantitative estimate of drug-likeness (QED) is 0.246. The van der Waals surface area contributed by atoms with Crippen molar-refractivity contribution in [3.63, 3.8) is 0 Å². The third-order valence-electron chi connectivity index (χ3n) is 9.87. The van der Waals surface area contributed by atoms with Gasteiger partial charge in [0.15, 0.2) is 0 Å². The van der Waals surface area contributed by atoms with Gasteiger partial charge in [-0.2, -0.15) is 26.3 Å². The maximum absolute atomic E-state index is 15.2. The largest absolute Gasteiger partial charge is 0.469 e. The Bertz CT molecular complexity index is 1490. The molecule has 15 heteroatoms. The average molecular weight is 670 g/mol. The number of hydrogen-bond donors (Lipinski definition) is 0. The number of ether oxygens (including phenoxy) is 1. The van der Waals surface area contributed by atoms with E-state index in [1.165, 1.54) is 12.0 Å². The van der Waals surface area contributed by atoms with E-state index in [1.807, 2.05) is 0 Å². The molecule has 0 aromatic heterocycles. The Balaban J connectivity index is 1.53. The fourth-order valence-electron chi connectivity index (χ4n) is 7.14. The van der Waals surface area contributed by atoms with Gasteiger partial charge in [-0.1, -0.05) is 12.1 Å². The van der Waals surface area contributed by atoms with Crippen LogP contribution >= 0.6 is 0 Å². The fourth-order valence-corrected chi connectivity index (χ4v) is 8.87. The first-order chi connectivity index (χ1) is 20.9. The van der Waals surface area contributed by atoms with Crippen LogP contribution in [0.25, 0.3) is 0 Å². The van der Waals surface area contributed by atoms with Crippen LogP contribution in [0.2, 0.25) is 0 Å². The van der Waals surface area contributed by atoms with E-state index in [4.69, 9.17) is 4.74 Å². The molecule has 1 heterocycles. The van der Waals surface area contributed by atoms with E-state index < -0.39 is 61.6 Å². The Morgan fingerprint density at radius 3 is 1.82 bits per heavy atom. The van der Waals surface area contributed by atoms with E-state index in [9.17, 15) is 48.9 Å². The van der Waals surface area contributed by atoms with Crippen molar-refractivity contribution in [1.82, 2.24) is 4.90 Å². The van der Waals surface area contributed by atoms with Crippen LogP contribution in [0.5, 0.6) is 0 Å². The first kappa shape index (κ1) is 33.3. The summed E-state index contributed by atoms with van der Waals surface area (Å²) in [7, 11) is -0.945. The van der Waals surface area contributed by atoms with Gasteiger partial charge in [0, 0.05) is 29.0 Å². The van der Waals surface area contributed by atoms with Gasteiger partial charge in [-0.3, -0.25) is 13.8 Å². The highest BCUT2D eigenvalue weighted by atomic mass is 32.2. The molecule has 4 fully saturated rings. The molecule has 3 saturated carbocycles. The SMILES string of the molecule is COC(=O)C12CCC(C(=O)N3CC[C@](c4ccc(C(F)(C(F)(F)F)C(F)(F)F)c(F)c4)(S(=O)c4ccc(F)cc4)C3)(CC1)CC2. The molecule has 1 saturated heterocycles. The Labute approximate surface area is 254 Å². The second-order valence-electron chi connectivity index (χ2n) is 12.1. The number of methoxy groups -OCH3 is 1. The number of carbonyl (C=O) groups is 2. The number of esters is 1. The van der Waals surface area contributed by atoms with Gasteiger partial charge in [-0.25, -0.2) is 13.2 Å². The number of halogens is 9. The highest BCUT2D eigenvalue weighted by Crippen LogP contribution is 2.59. The van der Waals surface area contributed by atoms with Gasteiger partial charge in [-0.15, -0.1) is 0 Å². The van der Waals surface area contributed by atoms with E-state index in [-0.39, 0.29) is 47.9 Å². The van der Waals surface area contributed by atoms with Crippen molar-refractivity contribution in [2.75, 3.05) is 20.2 Å². The number of hydrogen-bond acceptors (Lipinski definition) is 4. The highest BCUT2D eigenvalue weighted by Gasteiger charge is 2.74. The molecule has 246 valence electrons. The van der Waals surface area contributed by atoms with E-state index in [2.05, 4.69) is 0 Å². The van der Waals surface area contributed by atoms with Crippen molar-refractivity contribution in [1.29, 1.82) is 0 Å². The smallest absolute Gasteiger partial charge is 0.436 e. The predicted octanol–water partition coefficient (Wildman–Crippen LogP) is 7.00. The summed E-state index contributed by atoms with van der Waals surface area (Å²) in [6.45, 7) is -0.408. The van der Waals surface area contributed by atoms with Crippen molar-refractivity contribution < 1.29 is 58.0 Å². The Hall–Kier alpha value is -3.10. The number of carbonyl (C=O) groups excluding carboxylic acids is 2. The summed E-state index contributed by atoms with van der Waals surface area (Å²) in [6.07, 6.45) is -10.9. The van der Waals surface area contributed by atoms with Crippen LogP contribution in [0.1, 0.15) is 56.1 Å². The molecular weight excluding hydrogens is 641 g/mol. The van der Waals surface area contributed by atoms with Gasteiger partial charge < -0.3 is 9.64 Å². The van der Waals surface area contributed by atoms with Gasteiger partial charge in [-0.05, 0) is 80.8 Å². The molecule has 1 unspecified atom stereocenters. The fraction of sp³-hybridized carbons (Fsp3) is 0.533. The zero-order chi connectivity index (χ0) is 33.2. The highest BCUT2D eigenvalue weighted by molar-refractivity contribution is 7.86. The summed E-state index contributed by atoms with van der Waals surface area (Å²) in [4.78, 5) is 27.8. The number of rotatable bonds is 6. The van der Waals surface area contributed by atoms with Gasteiger partial charge in [0.05, 0.1) is 28.1 Å². The molecule has 2 aromatic rings. The molecule has 2 atom stereocenters. The van der Waals surface area contributed by atoms with Crippen molar-refractivity contribution >= 4 is 22.7 Å². The minimum Gasteiger partial charge on any atom is -0.469 e. The lowest BCUT2D eigenvalue weighted by Crippen LogP contribution is -2.53. The number of alkyl halides is 7. The first-order valence-corrected chi connectivity index (χ1v) is 15.2. The topological polar surface area (TPSA) is 63.7 Å². The van der Waals surface area contributed by atoms with Crippen molar-refractivity contribution in [3.05, 3.63) is 65.2 Å². The van der Waals surface area contributed by atoms with Crippen LogP contribution in [-0.2, 0) is 35.5 Å². The molecule has 0 spiro atoms. The number of likely N-dealkylation sites (tertiary alicyclic amines) is 1. The summed E-state index contributed by atoms with van der Waals surface area (Å²) in [5, 5.41) is 0. The molecule has 5 nitrogen and oxygen atoms in total. The molecule has 0 radical (unpaired) electrons. The lowest BCUT2D eigenvalue weighted by molar-refractivity contribution is -0.349. The molecule has 4 aliphatic rings. The van der Waals surface area contributed by atoms with Crippen LogP contribution in [0, 0.1) is 22.5 Å². The molecule has 2 bridgehead atoms. The van der Waals surface area contributed by atoms with Crippen LogP contribution in [0.3, 0.4) is 0 Å². The van der Waals surface area contributed by atoms with Gasteiger partial charge in [0.25, 0.3) is 0 Å². The summed E-state index contributed by atoms with van der Waals surface area (Å²) < 4.78 is 141. The van der Waals surface area contributed by atoms with Gasteiger partial charge in [0.1, 0.15) is 11.6 Å². The summed E-state index contributed by atoms with van der Waals surface area (Å²) in [5.41, 5.74) is -10.2. The molecular formula is C30H28F9NO4S. The summed E-state index contributed by atoms with van der Waals surface area (Å²) in [5.74, 6) is -3.52. The number of nitrogens with zero attached hydrogens (tertiary/aromatic N) is 1. The number of fused-ring (bicyclic) bond motifs is 3. The molecule has 2 aromatic carbocycles. The predicted molar refractivity (Wildman–Crippen MR) is 142 cm³/mol. The maximum Gasteiger partial charge on any atom is 0.436 e. The van der Waals surface area contributed by atoms with E-state index in [0.717, 1.165) is 24.3 Å². The van der Waals surface area contributed by atoms with Crippen LogP contribution < -0.4 is 0 Å². The Morgan fingerprint density at radius 1 is 0.800 bits per heavy atom. The Kier molecular flexibility index (Phi) is 8.14. The van der Waals surface area contributed by atoms with Crippen molar-refractivity contribution in [2.45, 2.75) is 72.6 Å². The zero-order valence-electron chi connectivity index (χ0n) is 23.8. The van der Waals surface area contributed by atoms with E-state index in [1.54, 1.807) is 0 Å².